The summed E-state index contributed by atoms with van der Waals surface area (Å²) in [6, 6.07) is 17.3. The average molecular weight is 506 g/mol. The second kappa shape index (κ2) is 11.5. The summed E-state index contributed by atoms with van der Waals surface area (Å²) >= 11 is 0. The standard InChI is InChI=1S/C25H33N3O2.C2HF3O/c1-18-14-27(21(16-29)13-26-18)15-24(30)28-17-25(2,3)22-10-9-20(12-23(22)28)11-19-7-5-4-6-8-19;3-2(4,5)1-6/h4-10,12,18,21,26,29H,11,13-17H2,1-3H3;1H/t18-,21-;/m1./s1. The van der Waals surface area contributed by atoms with Crippen LogP contribution >= 0.6 is 0 Å². The molecule has 6 nitrogen and oxygen atoms in total. The van der Waals surface area contributed by atoms with Crippen molar-refractivity contribution >= 4 is 17.9 Å². The van der Waals surface area contributed by atoms with Crippen molar-refractivity contribution < 1.29 is 27.9 Å². The van der Waals surface area contributed by atoms with Crippen molar-refractivity contribution in [1.82, 2.24) is 10.2 Å². The molecule has 0 unspecified atom stereocenters. The van der Waals surface area contributed by atoms with Crippen molar-refractivity contribution in [2.75, 3.05) is 37.7 Å². The van der Waals surface area contributed by atoms with E-state index in [1.54, 1.807) is 0 Å². The molecular weight excluding hydrogens is 471 g/mol. The Morgan fingerprint density at radius 3 is 2.44 bits per heavy atom. The van der Waals surface area contributed by atoms with Crippen LogP contribution in [0.2, 0.25) is 0 Å². The molecule has 1 fully saturated rings. The van der Waals surface area contributed by atoms with Crippen LogP contribution in [0.15, 0.2) is 48.5 Å². The molecule has 1 amide bonds. The lowest BCUT2D eigenvalue weighted by Gasteiger charge is -2.38. The summed E-state index contributed by atoms with van der Waals surface area (Å²) in [5.41, 5.74) is 4.71. The molecule has 0 aliphatic carbocycles. The van der Waals surface area contributed by atoms with Gasteiger partial charge in [0.2, 0.25) is 12.2 Å². The second-order valence-corrected chi connectivity index (χ2v) is 10.1. The Labute approximate surface area is 210 Å². The van der Waals surface area contributed by atoms with Crippen LogP contribution in [0.1, 0.15) is 37.5 Å². The number of alkyl halides is 3. The van der Waals surface area contributed by atoms with Gasteiger partial charge in [0.1, 0.15) is 0 Å². The number of aldehydes is 1. The lowest BCUT2D eigenvalue weighted by molar-refractivity contribution is -0.156. The highest BCUT2D eigenvalue weighted by Gasteiger charge is 2.39. The minimum Gasteiger partial charge on any atom is -0.395 e. The van der Waals surface area contributed by atoms with Gasteiger partial charge in [0.25, 0.3) is 0 Å². The number of nitrogens with one attached hydrogen (secondary N) is 1. The third-order valence-corrected chi connectivity index (χ3v) is 6.60. The zero-order chi connectivity index (χ0) is 26.5. The van der Waals surface area contributed by atoms with Crippen molar-refractivity contribution in [3.63, 3.8) is 0 Å². The number of carbonyl (C=O) groups is 2. The normalized spacial score (nSPS) is 21.4. The van der Waals surface area contributed by atoms with Crippen molar-refractivity contribution in [2.45, 2.75) is 50.9 Å². The van der Waals surface area contributed by atoms with Crippen LogP contribution in [-0.4, -0.2) is 73.2 Å². The Bertz CT molecular complexity index is 1040. The van der Waals surface area contributed by atoms with E-state index in [0.29, 0.717) is 25.7 Å². The number of piperazine rings is 1. The van der Waals surface area contributed by atoms with Crippen molar-refractivity contribution in [1.29, 1.82) is 0 Å². The maximum Gasteiger partial charge on any atom is 0.446 e. The number of fused-ring (bicyclic) bond motifs is 1. The van der Waals surface area contributed by atoms with Gasteiger partial charge in [0, 0.05) is 42.8 Å². The summed E-state index contributed by atoms with van der Waals surface area (Å²) in [5.74, 6) is 0.117. The van der Waals surface area contributed by atoms with Crippen LogP contribution in [0.25, 0.3) is 0 Å². The Balaban J connectivity index is 0.000000538. The van der Waals surface area contributed by atoms with E-state index in [-0.39, 0.29) is 24.0 Å². The van der Waals surface area contributed by atoms with Gasteiger partial charge in [-0.15, -0.1) is 0 Å². The van der Waals surface area contributed by atoms with Gasteiger partial charge >= 0.3 is 6.18 Å². The summed E-state index contributed by atoms with van der Waals surface area (Å²) in [5, 5.41) is 13.1. The fraction of sp³-hybridized carbons (Fsp3) is 0.481. The van der Waals surface area contributed by atoms with E-state index >= 15 is 0 Å². The highest BCUT2D eigenvalue weighted by molar-refractivity contribution is 5.97. The molecule has 2 N–H and O–H groups in total. The molecule has 0 aromatic heterocycles. The summed E-state index contributed by atoms with van der Waals surface area (Å²) in [4.78, 5) is 26.2. The Hall–Kier alpha value is -2.75. The Morgan fingerprint density at radius 1 is 1.17 bits per heavy atom. The van der Waals surface area contributed by atoms with E-state index in [0.717, 1.165) is 18.7 Å². The average Bonchev–Trinajstić information content (AvgIpc) is 3.10. The van der Waals surface area contributed by atoms with Gasteiger partial charge in [0.05, 0.1) is 13.2 Å². The quantitative estimate of drug-likeness (QED) is 0.611. The first-order valence-corrected chi connectivity index (χ1v) is 12.0. The van der Waals surface area contributed by atoms with Crippen LogP contribution in [-0.2, 0) is 21.4 Å². The molecule has 0 spiro atoms. The fourth-order valence-electron chi connectivity index (χ4n) is 4.77. The first kappa shape index (κ1) is 27.8. The minimum atomic E-state index is -4.64. The van der Waals surface area contributed by atoms with Gasteiger partial charge in [-0.1, -0.05) is 56.3 Å². The third kappa shape index (κ3) is 7.15. The molecule has 2 aliphatic rings. The van der Waals surface area contributed by atoms with Gasteiger partial charge in [-0.05, 0) is 36.1 Å². The molecular formula is C27H34F3N3O3. The summed E-state index contributed by atoms with van der Waals surface area (Å²) in [6.45, 7) is 9.13. The molecule has 4 rings (SSSR count). The molecule has 36 heavy (non-hydrogen) atoms. The first-order valence-electron chi connectivity index (χ1n) is 12.0. The highest BCUT2D eigenvalue weighted by atomic mass is 19.4. The van der Waals surface area contributed by atoms with Gasteiger partial charge in [0.15, 0.2) is 0 Å². The Morgan fingerprint density at radius 2 is 1.83 bits per heavy atom. The smallest absolute Gasteiger partial charge is 0.395 e. The molecule has 2 aromatic carbocycles. The molecule has 196 valence electrons. The number of amides is 1. The topological polar surface area (TPSA) is 72.9 Å². The number of anilines is 1. The number of aliphatic hydroxyl groups excluding tert-OH is 1. The second-order valence-electron chi connectivity index (χ2n) is 10.1. The fourth-order valence-corrected chi connectivity index (χ4v) is 4.77. The van der Waals surface area contributed by atoms with Gasteiger partial charge in [-0.2, -0.15) is 13.2 Å². The van der Waals surface area contributed by atoms with E-state index in [1.165, 1.54) is 16.7 Å². The third-order valence-electron chi connectivity index (χ3n) is 6.60. The van der Waals surface area contributed by atoms with E-state index in [4.69, 9.17) is 4.79 Å². The summed E-state index contributed by atoms with van der Waals surface area (Å²) in [7, 11) is 0. The van der Waals surface area contributed by atoms with E-state index < -0.39 is 12.5 Å². The number of halogens is 3. The number of hydrogen-bond acceptors (Lipinski definition) is 5. The lowest BCUT2D eigenvalue weighted by Crippen LogP contribution is -2.59. The number of rotatable bonds is 5. The van der Waals surface area contributed by atoms with Gasteiger partial charge in [-0.3, -0.25) is 14.5 Å². The van der Waals surface area contributed by atoms with Crippen LogP contribution < -0.4 is 10.2 Å². The molecule has 9 heteroatoms. The molecule has 2 atom stereocenters. The van der Waals surface area contributed by atoms with Gasteiger partial charge < -0.3 is 15.3 Å². The largest absolute Gasteiger partial charge is 0.446 e. The number of hydrogen-bond donors (Lipinski definition) is 2. The molecule has 0 bridgehead atoms. The summed E-state index contributed by atoms with van der Waals surface area (Å²) in [6.07, 6.45) is -4.84. The van der Waals surface area contributed by atoms with Crippen LogP contribution in [0.3, 0.4) is 0 Å². The maximum absolute atomic E-state index is 13.4. The monoisotopic (exact) mass is 505 g/mol. The van der Waals surface area contributed by atoms with E-state index in [2.05, 4.69) is 73.5 Å². The molecule has 0 radical (unpaired) electrons. The predicted octanol–water partition coefficient (Wildman–Crippen LogP) is 3.30. The number of aliphatic hydroxyl groups is 1. The van der Waals surface area contributed by atoms with Crippen LogP contribution in [0.4, 0.5) is 18.9 Å². The highest BCUT2D eigenvalue weighted by Crippen LogP contribution is 2.41. The first-order chi connectivity index (χ1) is 16.9. The maximum atomic E-state index is 13.4. The van der Waals surface area contributed by atoms with Gasteiger partial charge in [-0.25, -0.2) is 0 Å². The molecule has 2 aliphatic heterocycles. The van der Waals surface area contributed by atoms with Crippen LogP contribution in [0.5, 0.6) is 0 Å². The minimum absolute atomic E-state index is 0.00958. The zero-order valence-electron chi connectivity index (χ0n) is 20.9. The number of nitrogens with zero attached hydrogens (tertiary/aromatic N) is 2. The molecule has 1 saturated heterocycles. The lowest BCUT2D eigenvalue weighted by atomic mass is 9.86. The van der Waals surface area contributed by atoms with Crippen molar-refractivity contribution in [3.8, 4) is 0 Å². The summed E-state index contributed by atoms with van der Waals surface area (Å²) < 4.78 is 31.2. The predicted molar refractivity (Wildman–Crippen MR) is 133 cm³/mol. The molecule has 2 heterocycles. The SMILES string of the molecule is C[C@@H]1CN(CC(=O)N2CC(C)(C)c3ccc(Cc4ccccc4)cc32)[C@@H](CO)CN1.O=CC(F)(F)F. The van der Waals surface area contributed by atoms with Crippen molar-refractivity contribution in [3.05, 3.63) is 65.2 Å². The zero-order valence-corrected chi connectivity index (χ0v) is 20.9. The van der Waals surface area contributed by atoms with E-state index in [1.807, 2.05) is 11.0 Å². The Kier molecular flexibility index (Phi) is 8.92. The molecule has 2 aromatic rings. The molecule has 0 saturated carbocycles. The number of carbonyl (C=O) groups excluding carboxylic acids is 2. The number of benzene rings is 2. The van der Waals surface area contributed by atoms with Crippen molar-refractivity contribution in [2.24, 2.45) is 0 Å². The van der Waals surface area contributed by atoms with Crippen LogP contribution in [0, 0.1) is 0 Å². The van der Waals surface area contributed by atoms with E-state index in [9.17, 15) is 23.1 Å².